The number of aromatic amines is 3. The van der Waals surface area contributed by atoms with Crippen LogP contribution in [0.5, 0.6) is 11.5 Å². The molecule has 1 fully saturated rings. The number of nitrogens with one attached hydrogen (secondary N) is 14. The number of hydrogen-bond donors (Lipinski definition) is 20. The van der Waals surface area contributed by atoms with Crippen LogP contribution in [-0.2, 0) is 104 Å². The van der Waals surface area contributed by atoms with Crippen molar-refractivity contribution in [3.05, 3.63) is 142 Å². The summed E-state index contributed by atoms with van der Waals surface area (Å²) in [5, 5.41) is 73.2. The number of carboxylic acid groups (broad SMARTS) is 2. The highest BCUT2D eigenvalue weighted by molar-refractivity contribution is 5.99. The number of aromatic nitrogens is 5. The molecule has 0 radical (unpaired) electrons. The second-order valence-electron chi connectivity index (χ2n) is 30.9. The Balaban J connectivity index is 0.813. The second-order valence-corrected chi connectivity index (χ2v) is 30.9. The average molecular weight is 1740 g/mol. The second kappa shape index (κ2) is 50.9. The summed E-state index contributed by atoms with van der Waals surface area (Å²) in [6, 6.07) is 6.15. The predicted octanol–water partition coefficient (Wildman–Crippen LogP) is -0.562. The van der Waals surface area contributed by atoms with E-state index in [1.807, 2.05) is 31.1 Å². The number of para-hydroxylation sites is 1. The van der Waals surface area contributed by atoms with Gasteiger partial charge in [0, 0.05) is 79.5 Å². The van der Waals surface area contributed by atoms with Gasteiger partial charge in [0.15, 0.2) is 0 Å². The van der Waals surface area contributed by atoms with Gasteiger partial charge in [-0.2, -0.15) is 5.10 Å². The Hall–Kier alpha value is -12.6. The Bertz CT molecular complexity index is 4600. The molecule has 41 nitrogen and oxygen atoms in total. The molecule has 3 aromatic carbocycles. The number of aliphatic hydroxyl groups excluding tert-OH is 1. The van der Waals surface area contributed by atoms with Crippen LogP contribution < -0.4 is 75.0 Å². The average Bonchev–Trinajstić information content (AvgIpc) is 1.71. The van der Waals surface area contributed by atoms with Gasteiger partial charge in [-0.3, -0.25) is 67.6 Å². The number of likely N-dealkylation sites (tertiary alicyclic amines) is 1. The van der Waals surface area contributed by atoms with Gasteiger partial charge >= 0.3 is 11.9 Å². The van der Waals surface area contributed by atoms with Crippen molar-refractivity contribution >= 4 is 87.8 Å². The number of aromatic carboxylic acids is 1. The molecule has 0 aliphatic carbocycles. The number of hydrazine groups is 2. The first-order chi connectivity index (χ1) is 60.0. The fourth-order valence-corrected chi connectivity index (χ4v) is 14.2. The maximum Gasteiger partial charge on any atom is 0.335 e. The Morgan fingerprint density at radius 2 is 1.29 bits per heavy atom. The number of unbranched alkanes of at least 4 members (excludes halogenated alkanes) is 1. The molecule has 22 N–H and O–H groups in total. The van der Waals surface area contributed by atoms with E-state index in [4.69, 9.17) is 30.4 Å². The number of carbonyl (C=O) groups is 13. The standard InChI is InChI=1S/C84H118N20O21/c1-50(2)36-66(78(114)94-65(17-9-26-85)83(119)104-27-10-18-71(104)82(118)89-45-72(86)107)93-74(109)46-90-76(112)67(39-53-19-21-59(106)22-20-53)95-81(117)70(48-105)98-79(115)68(41-56-43-88-63-16-8-7-14-62(56)63)96-80(116)69(42-58-44-87-49-91-58)97-77(113)64(23-24-75(110)111)92-73(108)25-30-122-32-34-124-35-33-123-31-28-103-47-57(101-102-103)13-6-5-12-54-37-55(84(120)121)40-60(38-54)125-29-11-15-61-51(3)99-100-52(61)4/h7-8,14,16,19-22,37-38,40,43-44,47,49-50,64-71,88,101-102,105-106H,5-6,9-13,15,17-18,23-36,39,41-42,45-46,48,85H2,1-4H3,(H2,86,107)(H,87,91)(H,89,118)(H,90,112)(H,92,108)(H,93,109)(H,94,114)(H,95,117)(H,96,116)(H,97,113)(H,98,115)(H,99,100)(H,110,111)(H,120,121). The van der Waals surface area contributed by atoms with E-state index < -0.39 is 158 Å². The topological polar surface area (TPSA) is 604 Å². The van der Waals surface area contributed by atoms with Crippen LogP contribution in [0.1, 0.15) is 141 Å². The van der Waals surface area contributed by atoms with E-state index in [-0.39, 0.29) is 120 Å². The number of fused-ring (bicyclic) bond motifs is 1. The van der Waals surface area contributed by atoms with Gasteiger partial charge in [-0.1, -0.05) is 44.2 Å². The predicted molar refractivity (Wildman–Crippen MR) is 452 cm³/mol. The molecule has 11 amide bonds. The van der Waals surface area contributed by atoms with Crippen molar-refractivity contribution < 1.29 is 102 Å². The van der Waals surface area contributed by atoms with Crippen LogP contribution in [0.15, 0.2) is 97.3 Å². The first-order valence-electron chi connectivity index (χ1n) is 41.9. The number of phenolic OH excluding ortho intramolecular Hbond substituents is 1. The highest BCUT2D eigenvalue weighted by Gasteiger charge is 2.40. The molecule has 6 aromatic rings. The van der Waals surface area contributed by atoms with E-state index in [1.54, 1.807) is 56.4 Å². The molecule has 1 saturated heterocycles. The number of amides is 11. The Morgan fingerprint density at radius 1 is 0.632 bits per heavy atom. The molecule has 0 saturated carbocycles. The first-order valence-corrected chi connectivity index (χ1v) is 41.9. The molecule has 680 valence electrons. The highest BCUT2D eigenvalue weighted by Crippen LogP contribution is 2.25. The first kappa shape index (κ1) is 97.9. The van der Waals surface area contributed by atoms with E-state index in [2.05, 4.69) is 84.0 Å². The molecular formula is C84H118N20O21. The van der Waals surface area contributed by atoms with Gasteiger partial charge in [0.1, 0.15) is 59.8 Å². The number of carboxylic acids is 2. The summed E-state index contributed by atoms with van der Waals surface area (Å²) in [7, 11) is 0. The van der Waals surface area contributed by atoms with Crippen molar-refractivity contribution in [1.82, 2.24) is 93.9 Å². The molecule has 0 spiro atoms. The number of aliphatic carboxylic acids is 1. The van der Waals surface area contributed by atoms with Gasteiger partial charge in [-0.05, 0) is 162 Å². The van der Waals surface area contributed by atoms with Crippen LogP contribution in [-0.4, -0.2) is 266 Å². The number of nitrogens with two attached hydrogens (primary N) is 2. The van der Waals surface area contributed by atoms with Gasteiger partial charge in [0.05, 0.1) is 95.8 Å². The van der Waals surface area contributed by atoms with Crippen molar-refractivity contribution in [3.8, 4) is 11.5 Å². The van der Waals surface area contributed by atoms with Crippen LogP contribution in [0.25, 0.3) is 10.9 Å². The Morgan fingerprint density at radius 3 is 1.96 bits per heavy atom. The quantitative estimate of drug-likeness (QED) is 0.0213. The summed E-state index contributed by atoms with van der Waals surface area (Å²) < 4.78 is 23.0. The van der Waals surface area contributed by atoms with Gasteiger partial charge in [-0.15, -0.1) is 5.53 Å². The summed E-state index contributed by atoms with van der Waals surface area (Å²) in [6.45, 7) is 7.49. The van der Waals surface area contributed by atoms with Crippen molar-refractivity contribution in [3.63, 3.8) is 0 Å². The maximum atomic E-state index is 14.8. The summed E-state index contributed by atoms with van der Waals surface area (Å²) in [5.74, 6) is -11.5. The molecule has 8 atom stereocenters. The van der Waals surface area contributed by atoms with Gasteiger partial charge in [0.2, 0.25) is 65.0 Å². The lowest BCUT2D eigenvalue weighted by molar-refractivity contribution is -0.142. The van der Waals surface area contributed by atoms with Crippen molar-refractivity contribution in [1.29, 1.82) is 0 Å². The fraction of sp³-hybridized carbons (Fsp3) is 0.512. The summed E-state index contributed by atoms with van der Waals surface area (Å²) in [6.07, 6.45) is 9.91. The number of ether oxygens (including phenoxy) is 4. The van der Waals surface area contributed by atoms with Gasteiger partial charge in [0.25, 0.3) is 0 Å². The van der Waals surface area contributed by atoms with Crippen LogP contribution in [0.4, 0.5) is 0 Å². The number of aliphatic hydroxyl groups is 1. The summed E-state index contributed by atoms with van der Waals surface area (Å²) in [5.41, 5.74) is 24.3. The molecule has 3 aromatic heterocycles. The minimum Gasteiger partial charge on any atom is -0.508 e. The minimum absolute atomic E-state index is 0.0552. The van der Waals surface area contributed by atoms with E-state index in [0.717, 1.165) is 60.3 Å². The molecule has 0 bridgehead atoms. The lowest BCUT2D eigenvalue weighted by Crippen LogP contribution is -2.61. The van der Waals surface area contributed by atoms with Crippen molar-refractivity contribution in [2.75, 3.05) is 85.6 Å². The number of hydrogen-bond acceptors (Lipinski definition) is 25. The molecule has 41 heteroatoms. The zero-order valence-corrected chi connectivity index (χ0v) is 70.7. The molecule has 125 heavy (non-hydrogen) atoms. The maximum absolute atomic E-state index is 14.8. The lowest BCUT2D eigenvalue weighted by Gasteiger charge is -2.30. The molecule has 2 aliphatic rings. The molecule has 8 rings (SSSR count). The third-order valence-corrected chi connectivity index (χ3v) is 20.7. The van der Waals surface area contributed by atoms with Crippen molar-refractivity contribution in [2.24, 2.45) is 17.4 Å². The summed E-state index contributed by atoms with van der Waals surface area (Å²) in [4.78, 5) is 188. The highest BCUT2D eigenvalue weighted by atomic mass is 16.5. The molecular weight excluding hydrogens is 1630 g/mol. The number of aromatic hydroxyl groups is 1. The smallest absolute Gasteiger partial charge is 0.335 e. The van der Waals surface area contributed by atoms with Crippen LogP contribution >= 0.6 is 0 Å². The number of rotatable bonds is 57. The Kier molecular flexibility index (Phi) is 39.8. The number of nitrogens with zero attached hydrogens (tertiary/aromatic N) is 4. The lowest BCUT2D eigenvalue weighted by atomic mass is 10.0. The number of H-pyrrole nitrogens is 3. The minimum atomic E-state index is -1.85. The number of benzene rings is 3. The zero-order valence-electron chi connectivity index (χ0n) is 70.7. The van der Waals surface area contributed by atoms with E-state index in [1.165, 1.54) is 41.7 Å². The molecule has 2 aliphatic heterocycles. The largest absolute Gasteiger partial charge is 0.508 e. The fourth-order valence-electron chi connectivity index (χ4n) is 14.2. The summed E-state index contributed by atoms with van der Waals surface area (Å²) >= 11 is 0. The SMILES string of the molecule is Cc1n[nH]c(C)c1CCCOc1cc(CCCCC2=CN(CCOCCOCCOCCC(=O)NC(CCC(=O)O)C(=O)NC(Cc3c[nH]cn3)C(=O)NC(Cc3c[nH]c4ccccc34)C(=O)NC(CO)C(=O)NC(Cc3ccc(O)cc3)C(=O)NCC(=O)NC(CC(C)C)C(=O)NC(CCCN)C(=O)N3CCCC3C(=O)NCC(N)=O)NN2)cc(C(=O)O)c1. The van der Waals surface area contributed by atoms with E-state index >= 15 is 0 Å². The monoisotopic (exact) mass is 1740 g/mol. The van der Waals surface area contributed by atoms with Gasteiger partial charge < -0.3 is 119 Å². The van der Waals surface area contributed by atoms with Crippen LogP contribution in [0.3, 0.4) is 0 Å². The number of aryl methyl sites for hydroxylation is 3. The normalized spacial score (nSPS) is 14.7. The van der Waals surface area contributed by atoms with E-state index in [9.17, 15) is 82.8 Å². The number of carbonyl (C=O) groups excluding carboxylic acids is 11. The van der Waals surface area contributed by atoms with Crippen molar-refractivity contribution in [2.45, 2.75) is 185 Å². The number of imidazole rings is 1. The third kappa shape index (κ3) is 32.9. The zero-order chi connectivity index (χ0) is 90.3. The number of primary amides is 1. The van der Waals surface area contributed by atoms with Crippen LogP contribution in [0.2, 0.25) is 0 Å². The number of phenols is 1. The Labute approximate surface area is 722 Å². The van der Waals surface area contributed by atoms with E-state index in [0.29, 0.717) is 60.4 Å². The molecule has 5 heterocycles. The number of allylic oxidation sites excluding steroid dienone is 1. The van der Waals surface area contributed by atoms with Crippen LogP contribution in [0, 0.1) is 19.8 Å². The third-order valence-electron chi connectivity index (χ3n) is 20.7. The van der Waals surface area contributed by atoms with Gasteiger partial charge in [-0.25, -0.2) is 9.78 Å². The molecule has 8 unspecified atom stereocenters.